The molecule has 0 atom stereocenters. The number of aryl methyl sites for hydroxylation is 1. The summed E-state index contributed by atoms with van der Waals surface area (Å²) in [5.41, 5.74) is 28.0. The van der Waals surface area contributed by atoms with E-state index in [9.17, 15) is 0 Å². The zero-order valence-corrected chi connectivity index (χ0v) is 38.5. The van der Waals surface area contributed by atoms with Crippen LogP contribution in [0.4, 0.5) is 0 Å². The summed E-state index contributed by atoms with van der Waals surface area (Å²) in [7, 11) is 0. The average Bonchev–Trinajstić information content (AvgIpc) is 3.78. The third kappa shape index (κ3) is 5.41. The first-order valence-electron chi connectivity index (χ1n) is 23.1. The fraction of sp³-hybridized carbons (Fsp3) is 0.188. The molecule has 0 bridgehead atoms. The summed E-state index contributed by atoms with van der Waals surface area (Å²) in [6.45, 7) is 29.5. The van der Waals surface area contributed by atoms with Crippen LogP contribution in [0, 0.1) is 0 Å². The molecule has 0 saturated heterocycles. The lowest BCUT2D eigenvalue weighted by atomic mass is 9.77. The SMILES string of the molecule is C=CC1=C(/C=C\C)C(C)(C)c2cc(-c3ccc4c(c3)C(C)(C)c3cc(-c5cc6c(c(C=C)c5C=C)-c5c(cc(-c7cccc8c7C=CCC8)c7ccccc57)C6(C)C)ccc3-4)ccc21. The van der Waals surface area contributed by atoms with E-state index in [-0.39, 0.29) is 16.2 Å². The molecule has 0 saturated carbocycles. The van der Waals surface area contributed by atoms with Crippen molar-refractivity contribution in [3.05, 3.63) is 214 Å². The average molecular weight is 825 g/mol. The molecule has 312 valence electrons. The van der Waals surface area contributed by atoms with Crippen molar-refractivity contribution in [1.82, 2.24) is 0 Å². The van der Waals surface area contributed by atoms with Gasteiger partial charge in [0.2, 0.25) is 0 Å². The smallest absolute Gasteiger partial charge is 0.0159 e. The second kappa shape index (κ2) is 14.1. The standard InChI is InChI=1S/C64H56/c1-11-20-54-43(13-3)48-30-27-39(33-55(48)62(54,5)6)40-28-31-49-50-32-29-41(35-57(50)63(7,8)56(49)34-40)52-36-58-60(44(14-4)42(52)12-2)61-51-25-18-17-24-47(51)53(37-59(61)64(58,9)10)46-26-19-22-38-21-15-16-23-45(38)46/h11-14,16-20,22-37H,2-4,15,21H2,1,5-10H3/b20-11-. The van der Waals surface area contributed by atoms with Crippen molar-refractivity contribution in [3.8, 4) is 55.6 Å². The largest absolute Gasteiger partial charge is 0.0984 e. The first-order chi connectivity index (χ1) is 30.8. The van der Waals surface area contributed by atoms with E-state index in [1.54, 1.807) is 0 Å². The number of allylic oxidation sites excluding steroid dienone is 6. The Morgan fingerprint density at radius 2 is 1.08 bits per heavy atom. The quantitative estimate of drug-likeness (QED) is 0.150. The molecule has 11 rings (SSSR count). The van der Waals surface area contributed by atoms with Crippen molar-refractivity contribution < 1.29 is 0 Å². The molecule has 7 aromatic rings. The Balaban J connectivity index is 1.03. The van der Waals surface area contributed by atoms with Gasteiger partial charge in [-0.1, -0.05) is 183 Å². The highest BCUT2D eigenvalue weighted by Gasteiger charge is 2.41. The van der Waals surface area contributed by atoms with Crippen molar-refractivity contribution >= 4 is 34.6 Å². The molecule has 0 fully saturated rings. The molecule has 0 heterocycles. The summed E-state index contributed by atoms with van der Waals surface area (Å²) >= 11 is 0. The second-order valence-corrected chi connectivity index (χ2v) is 20.0. The molecule has 0 aliphatic heterocycles. The van der Waals surface area contributed by atoms with E-state index in [2.05, 4.69) is 214 Å². The highest BCUT2D eigenvalue weighted by atomic mass is 14.4. The van der Waals surface area contributed by atoms with Crippen LogP contribution in [0.25, 0.3) is 90.2 Å². The van der Waals surface area contributed by atoms with Gasteiger partial charge >= 0.3 is 0 Å². The molecule has 64 heavy (non-hydrogen) atoms. The number of hydrogen-bond acceptors (Lipinski definition) is 0. The molecule has 4 aliphatic rings. The van der Waals surface area contributed by atoms with E-state index in [0.29, 0.717) is 0 Å². The van der Waals surface area contributed by atoms with Crippen LogP contribution in [0.15, 0.2) is 159 Å². The maximum atomic E-state index is 4.49. The number of rotatable bonds is 7. The third-order valence-corrected chi connectivity index (χ3v) is 15.6. The van der Waals surface area contributed by atoms with Gasteiger partial charge in [-0.15, -0.1) is 0 Å². The predicted octanol–water partition coefficient (Wildman–Crippen LogP) is 17.5. The van der Waals surface area contributed by atoms with E-state index < -0.39 is 0 Å². The topological polar surface area (TPSA) is 0 Å². The van der Waals surface area contributed by atoms with Crippen molar-refractivity contribution in [2.45, 2.75) is 77.6 Å². The first kappa shape index (κ1) is 40.0. The van der Waals surface area contributed by atoms with Crippen molar-refractivity contribution in [2.75, 3.05) is 0 Å². The number of benzene rings is 7. The van der Waals surface area contributed by atoms with Crippen LogP contribution in [-0.2, 0) is 22.7 Å². The summed E-state index contributed by atoms with van der Waals surface area (Å²) in [6.07, 6.45) is 17.4. The van der Waals surface area contributed by atoms with Gasteiger partial charge in [-0.3, -0.25) is 0 Å². The fourth-order valence-electron chi connectivity index (χ4n) is 12.2. The second-order valence-electron chi connectivity index (χ2n) is 20.0. The normalized spacial score (nSPS) is 16.6. The van der Waals surface area contributed by atoms with Crippen LogP contribution in [0.5, 0.6) is 0 Å². The van der Waals surface area contributed by atoms with Gasteiger partial charge in [-0.05, 0) is 183 Å². The van der Waals surface area contributed by atoms with Gasteiger partial charge in [0.15, 0.2) is 0 Å². The predicted molar refractivity (Wildman–Crippen MR) is 278 cm³/mol. The lowest BCUT2D eigenvalue weighted by Crippen LogP contribution is -2.16. The Morgan fingerprint density at radius 3 is 1.75 bits per heavy atom. The van der Waals surface area contributed by atoms with Crippen LogP contribution >= 0.6 is 0 Å². The minimum Gasteiger partial charge on any atom is -0.0984 e. The maximum absolute atomic E-state index is 4.49. The zero-order valence-electron chi connectivity index (χ0n) is 38.5. The van der Waals surface area contributed by atoms with E-state index in [0.717, 1.165) is 24.0 Å². The Hall–Kier alpha value is -6.76. The summed E-state index contributed by atoms with van der Waals surface area (Å²) in [5.74, 6) is 0. The molecule has 0 unspecified atom stereocenters. The van der Waals surface area contributed by atoms with Crippen LogP contribution in [-0.4, -0.2) is 0 Å². The number of hydrogen-bond donors (Lipinski definition) is 0. The van der Waals surface area contributed by atoms with Crippen molar-refractivity contribution in [3.63, 3.8) is 0 Å². The lowest BCUT2D eigenvalue weighted by Gasteiger charge is -2.26. The van der Waals surface area contributed by atoms with Crippen LogP contribution < -0.4 is 0 Å². The zero-order chi connectivity index (χ0) is 44.4. The molecule has 0 nitrogen and oxygen atoms in total. The van der Waals surface area contributed by atoms with Crippen LogP contribution in [0.3, 0.4) is 0 Å². The monoisotopic (exact) mass is 824 g/mol. The highest BCUT2D eigenvalue weighted by Crippen LogP contribution is 2.58. The Labute approximate surface area is 380 Å². The van der Waals surface area contributed by atoms with Crippen molar-refractivity contribution in [2.24, 2.45) is 0 Å². The van der Waals surface area contributed by atoms with E-state index >= 15 is 0 Å². The van der Waals surface area contributed by atoms with Crippen LogP contribution in [0.1, 0.15) is 111 Å². The minimum absolute atomic E-state index is 0.106. The van der Waals surface area contributed by atoms with Gasteiger partial charge in [0.05, 0.1) is 0 Å². The van der Waals surface area contributed by atoms with E-state index in [4.69, 9.17) is 0 Å². The van der Waals surface area contributed by atoms with E-state index in [1.807, 2.05) is 6.08 Å². The molecule has 7 aromatic carbocycles. The molecular formula is C64H56. The van der Waals surface area contributed by atoms with Gasteiger partial charge in [-0.2, -0.15) is 0 Å². The molecule has 4 aliphatic carbocycles. The molecule has 0 radical (unpaired) electrons. The highest BCUT2D eigenvalue weighted by molar-refractivity contribution is 6.12. The first-order valence-corrected chi connectivity index (χ1v) is 23.1. The summed E-state index contributed by atoms with van der Waals surface area (Å²) < 4.78 is 0. The van der Waals surface area contributed by atoms with Gasteiger partial charge in [0.25, 0.3) is 0 Å². The Morgan fingerprint density at radius 1 is 0.484 bits per heavy atom. The van der Waals surface area contributed by atoms with Gasteiger partial charge < -0.3 is 0 Å². The summed E-state index contributed by atoms with van der Waals surface area (Å²) in [6, 6.07) is 42.2. The van der Waals surface area contributed by atoms with Gasteiger partial charge in [0.1, 0.15) is 0 Å². The molecule has 0 N–H and O–H groups in total. The third-order valence-electron chi connectivity index (χ3n) is 15.6. The van der Waals surface area contributed by atoms with E-state index in [1.165, 1.54) is 122 Å². The van der Waals surface area contributed by atoms with Crippen LogP contribution in [0.2, 0.25) is 0 Å². The Bertz CT molecular complexity index is 3340. The Kier molecular flexibility index (Phi) is 8.84. The molecule has 0 aromatic heterocycles. The van der Waals surface area contributed by atoms with Gasteiger partial charge in [-0.25, -0.2) is 0 Å². The molecular weight excluding hydrogens is 769 g/mol. The lowest BCUT2D eigenvalue weighted by molar-refractivity contribution is 0.654. The maximum Gasteiger partial charge on any atom is 0.0159 e. The number of fused-ring (bicyclic) bond motifs is 10. The summed E-state index contributed by atoms with van der Waals surface area (Å²) in [4.78, 5) is 0. The van der Waals surface area contributed by atoms with Gasteiger partial charge in [0, 0.05) is 16.2 Å². The fourth-order valence-corrected chi connectivity index (χ4v) is 12.2. The molecule has 0 heteroatoms. The minimum atomic E-state index is -0.257. The molecule has 0 spiro atoms. The summed E-state index contributed by atoms with van der Waals surface area (Å²) in [5, 5.41) is 2.58. The van der Waals surface area contributed by atoms with Crippen molar-refractivity contribution in [1.29, 1.82) is 0 Å². The molecule has 0 amide bonds.